The zero-order chi connectivity index (χ0) is 3.41. The minimum atomic E-state index is 0. The largest absolute Gasteiger partial charge is 2.00 e. The van der Waals surface area contributed by atoms with E-state index in [4.69, 9.17) is 0 Å². The quantitative estimate of drug-likeness (QED) is 0.355. The summed E-state index contributed by atoms with van der Waals surface area (Å²) in [4.78, 5) is 0. The van der Waals surface area contributed by atoms with Crippen LogP contribution in [0.1, 0.15) is 12.8 Å². The van der Waals surface area contributed by atoms with Crippen molar-refractivity contribution in [3.8, 4) is 0 Å². The van der Waals surface area contributed by atoms with Crippen LogP contribution in [0.2, 0.25) is 0 Å². The van der Waals surface area contributed by atoms with Gasteiger partial charge in [0.15, 0.2) is 0 Å². The van der Waals surface area contributed by atoms with Crippen molar-refractivity contribution in [2.24, 2.45) is 0 Å². The SMILES string of the molecule is [CH2-]CC[CH2-].[CH3-].[CH3-].[CH3-].[W+2].[W].[W].[W].[W].[W].[W].[W].[W].[Y].[Y].[Y].[Y].[Y]. The van der Waals surface area contributed by atoms with Crippen LogP contribution in [-0.2, 0) is 353 Å². The number of rotatable bonds is 1. The van der Waals surface area contributed by atoms with Crippen molar-refractivity contribution in [2.75, 3.05) is 0 Å². The molecule has 0 unspecified atom stereocenters. The van der Waals surface area contributed by atoms with E-state index in [9.17, 15) is 0 Å². The second-order valence-corrected chi connectivity index (χ2v) is 0.707. The Labute approximate surface area is 390 Å². The van der Waals surface area contributed by atoms with E-state index in [-0.39, 0.29) is 375 Å². The molecule has 0 aromatic carbocycles. The summed E-state index contributed by atoms with van der Waals surface area (Å²) in [5.41, 5.74) is 0. The van der Waals surface area contributed by atoms with Crippen molar-refractivity contribution < 1.29 is 353 Å². The van der Waals surface area contributed by atoms with Gasteiger partial charge in [-0.05, 0) is 0 Å². The smallest absolute Gasteiger partial charge is 0.358 e. The average molecular weight is 2200 g/mol. The molecule has 0 aliphatic heterocycles. The summed E-state index contributed by atoms with van der Waals surface area (Å²) >= 11 is 0. The molecule has 21 heavy (non-hydrogen) atoms. The summed E-state index contributed by atoms with van der Waals surface area (Å²) in [7, 11) is 0. The summed E-state index contributed by atoms with van der Waals surface area (Å²) < 4.78 is 0. The van der Waals surface area contributed by atoms with Gasteiger partial charge in [-0.2, -0.15) is 0 Å². The van der Waals surface area contributed by atoms with E-state index in [2.05, 4.69) is 13.8 Å². The molecule has 0 saturated heterocycles. The molecule has 0 atom stereocenters. The fourth-order valence-electron chi connectivity index (χ4n) is 0. The third-order valence-corrected chi connectivity index (χ3v) is 0.250. The summed E-state index contributed by atoms with van der Waals surface area (Å²) in [5.74, 6) is 0. The van der Waals surface area contributed by atoms with Crippen LogP contribution in [0.4, 0.5) is 0 Å². The van der Waals surface area contributed by atoms with Gasteiger partial charge in [-0.25, -0.2) is 12.8 Å². The van der Waals surface area contributed by atoms with E-state index in [1.807, 2.05) is 0 Å². The normalized spacial score (nSPS) is 1.43. The molecule has 0 nitrogen and oxygen atoms in total. The summed E-state index contributed by atoms with van der Waals surface area (Å²) in [6, 6.07) is 0. The van der Waals surface area contributed by atoms with Gasteiger partial charge in [-0.15, -0.1) is 0 Å². The number of hydrogen-bond acceptors (Lipinski definition) is 0. The Hall–Kier alpha value is 11.7. The van der Waals surface area contributed by atoms with Gasteiger partial charge in [0, 0.05) is 332 Å². The maximum absolute atomic E-state index is 3.54. The minimum absolute atomic E-state index is 0. The molecule has 0 N–H and O–H groups in total. The Bertz CT molecular complexity index is 34.4. The van der Waals surface area contributed by atoms with Crippen LogP contribution in [0.25, 0.3) is 0 Å². The first-order chi connectivity index (χ1) is 1.91. The van der Waals surface area contributed by atoms with Gasteiger partial charge in [0.1, 0.15) is 0 Å². The van der Waals surface area contributed by atoms with Crippen molar-refractivity contribution in [3.63, 3.8) is 0 Å². The van der Waals surface area contributed by atoms with Crippen molar-refractivity contribution in [1.82, 2.24) is 0 Å². The molecule has 0 bridgehead atoms. The Morgan fingerprint density at radius 2 is 0.429 bits per heavy atom. The summed E-state index contributed by atoms with van der Waals surface area (Å²) in [6.45, 7) is 7.08. The zero-order valence-electron chi connectivity index (χ0n) is 12.4. The number of unbranched alkanes of at least 4 members (excludes halogenated alkanes) is 1. The number of hydrogen-bond donors (Lipinski definition) is 0. The van der Waals surface area contributed by atoms with Crippen LogP contribution in [0.5, 0.6) is 0 Å². The van der Waals surface area contributed by atoms with Crippen LogP contribution in [0.15, 0.2) is 0 Å². The summed E-state index contributed by atoms with van der Waals surface area (Å²) in [5, 5.41) is 0. The standard InChI is InChI=1S/C4H8.3CH3.9W.5Y/c1-3-4-2;;;;;;;;;;;;;;;;;/h1-4H2;3*1H3;;;;;;;;;;;;;;/q-2;3*-1;;;;;;;;;+2;;;;;. The summed E-state index contributed by atoms with van der Waals surface area (Å²) in [6.07, 6.45) is 1.92. The molecule has 14 heteroatoms. The van der Waals surface area contributed by atoms with E-state index >= 15 is 0 Å². The molecule has 0 saturated carbocycles. The second-order valence-electron chi connectivity index (χ2n) is 0.707. The van der Waals surface area contributed by atoms with Crippen LogP contribution < -0.4 is 0 Å². The van der Waals surface area contributed by atoms with Gasteiger partial charge in [0.25, 0.3) is 0 Å². The molecule has 0 aromatic heterocycles. The van der Waals surface area contributed by atoms with Gasteiger partial charge in [0.2, 0.25) is 0 Å². The van der Waals surface area contributed by atoms with Crippen LogP contribution in [0, 0.1) is 36.1 Å². The van der Waals surface area contributed by atoms with E-state index in [0.717, 1.165) is 12.8 Å². The van der Waals surface area contributed by atoms with Crippen LogP contribution in [0.3, 0.4) is 0 Å². The van der Waals surface area contributed by atoms with Gasteiger partial charge < -0.3 is 36.1 Å². The topological polar surface area (TPSA) is 0 Å². The Kier molecular flexibility index (Phi) is 1150. The molecule has 0 amide bonds. The average Bonchev–Trinajstić information content (AvgIpc) is 1.37. The fraction of sp³-hybridized carbons (Fsp3) is 0.286. The molecular formula is C7H17W9Y5-3. The fourth-order valence-corrected chi connectivity index (χ4v) is 0. The molecule has 0 aliphatic rings. The van der Waals surface area contributed by atoms with E-state index in [0.29, 0.717) is 0 Å². The van der Waals surface area contributed by atoms with Gasteiger partial charge in [0.05, 0.1) is 0 Å². The van der Waals surface area contributed by atoms with Crippen molar-refractivity contribution in [1.29, 1.82) is 0 Å². The molecule has 0 heterocycles. The molecule has 0 aliphatic carbocycles. The van der Waals surface area contributed by atoms with Crippen LogP contribution in [-0.4, -0.2) is 0 Å². The monoisotopic (exact) mass is 2200 g/mol. The first-order valence-electron chi connectivity index (χ1n) is 1.50. The van der Waals surface area contributed by atoms with Crippen molar-refractivity contribution in [3.05, 3.63) is 36.1 Å². The predicted molar refractivity (Wildman–Crippen MR) is 39.2 cm³/mol. The first-order valence-corrected chi connectivity index (χ1v) is 1.50. The van der Waals surface area contributed by atoms with Gasteiger partial charge in [-0.3, -0.25) is 0 Å². The Morgan fingerprint density at radius 1 is 0.381 bits per heavy atom. The molecular weight excluding hydrogens is 2180 g/mol. The predicted octanol–water partition coefficient (Wildman–Crippen LogP) is 2.75. The van der Waals surface area contributed by atoms with E-state index in [1.165, 1.54) is 0 Å². The molecule has 0 spiro atoms. The molecule has 0 fully saturated rings. The van der Waals surface area contributed by atoms with E-state index < -0.39 is 0 Å². The first kappa shape index (κ1) is 152. The van der Waals surface area contributed by atoms with Crippen molar-refractivity contribution in [2.45, 2.75) is 12.8 Å². The maximum atomic E-state index is 3.54. The van der Waals surface area contributed by atoms with Crippen LogP contribution >= 0.6 is 0 Å². The molecule has 5 radical (unpaired) electrons. The third-order valence-electron chi connectivity index (χ3n) is 0.250. The maximum Gasteiger partial charge on any atom is 2.00 e. The Balaban J connectivity index is -0.000000000331. The van der Waals surface area contributed by atoms with Gasteiger partial charge in [-0.1, -0.05) is 0 Å². The molecule has 0 rings (SSSR count). The molecule has 0 aromatic rings. The Morgan fingerprint density at radius 3 is 0.429 bits per heavy atom. The zero-order valence-corrected chi connectivity index (χ0v) is 53.0. The second kappa shape index (κ2) is 159. The van der Waals surface area contributed by atoms with Gasteiger partial charge >= 0.3 is 21.1 Å². The minimum Gasteiger partial charge on any atom is -0.358 e. The third kappa shape index (κ3) is 173. The van der Waals surface area contributed by atoms with Crippen molar-refractivity contribution >= 4 is 0 Å². The van der Waals surface area contributed by atoms with E-state index in [1.54, 1.807) is 0 Å². The molecule has 117 valence electrons.